The van der Waals surface area contributed by atoms with Crippen molar-refractivity contribution in [2.24, 2.45) is 0 Å². The first kappa shape index (κ1) is 9.66. The summed E-state index contributed by atoms with van der Waals surface area (Å²) in [6.07, 6.45) is -0.224. The van der Waals surface area contributed by atoms with E-state index in [1.54, 1.807) is 4.90 Å². The summed E-state index contributed by atoms with van der Waals surface area (Å²) in [6.45, 7) is 0. The van der Waals surface area contributed by atoms with E-state index < -0.39 is 6.10 Å². The molecule has 1 N–H and O–H groups in total. The van der Waals surface area contributed by atoms with Gasteiger partial charge in [-0.05, 0) is 11.1 Å². The van der Waals surface area contributed by atoms with Gasteiger partial charge in [-0.3, -0.25) is 4.90 Å². The van der Waals surface area contributed by atoms with Crippen LogP contribution in [0.15, 0.2) is 24.3 Å². The summed E-state index contributed by atoms with van der Waals surface area (Å²) in [5.74, 6) is 0. The summed E-state index contributed by atoms with van der Waals surface area (Å²) in [5.41, 5.74) is 2.19. The van der Waals surface area contributed by atoms with E-state index in [1.165, 1.54) is 7.11 Å². The van der Waals surface area contributed by atoms with Gasteiger partial charge < -0.3 is 9.84 Å². The summed E-state index contributed by atoms with van der Waals surface area (Å²) >= 11 is 0. The number of carbonyl (C=O) groups excluding carboxylic acids is 1. The van der Waals surface area contributed by atoms with E-state index in [9.17, 15) is 9.90 Å². The number of ether oxygens (including phenoxy) is 1. The molecule has 1 saturated heterocycles. The summed E-state index contributed by atoms with van der Waals surface area (Å²) in [7, 11) is 1.37. The Kier molecular flexibility index (Phi) is 1.94. The molecule has 2 aliphatic rings. The third-order valence-corrected chi connectivity index (χ3v) is 3.52. The van der Waals surface area contributed by atoms with Crippen LogP contribution in [0.5, 0.6) is 0 Å². The first-order valence-electron chi connectivity index (χ1n) is 5.37. The van der Waals surface area contributed by atoms with E-state index >= 15 is 0 Å². The lowest BCUT2D eigenvalue weighted by Gasteiger charge is -2.21. The van der Waals surface area contributed by atoms with Crippen molar-refractivity contribution >= 4 is 6.09 Å². The molecule has 2 bridgehead atoms. The Balaban J connectivity index is 2.08. The fraction of sp³-hybridized carbons (Fsp3) is 0.417. The lowest BCUT2D eigenvalue weighted by Crippen LogP contribution is -2.29. The monoisotopic (exact) mass is 219 g/mol. The van der Waals surface area contributed by atoms with Crippen LogP contribution in [0, 0.1) is 0 Å². The van der Waals surface area contributed by atoms with Crippen LogP contribution in [0.1, 0.15) is 29.6 Å². The Labute approximate surface area is 93.4 Å². The normalized spacial score (nSPS) is 30.4. The second-order valence-corrected chi connectivity index (χ2v) is 4.27. The molecule has 1 amide bonds. The van der Waals surface area contributed by atoms with E-state index in [4.69, 9.17) is 4.74 Å². The predicted octanol–water partition coefficient (Wildman–Crippen LogP) is 1.62. The fourth-order valence-corrected chi connectivity index (χ4v) is 2.91. The van der Waals surface area contributed by atoms with E-state index in [-0.39, 0.29) is 18.2 Å². The van der Waals surface area contributed by atoms with Gasteiger partial charge in [0.2, 0.25) is 0 Å². The standard InChI is InChI=1S/C12H13NO3/c1-16-12(15)13-9-6-10(14)11(13)8-5-3-2-4-7(8)9/h2-5,9-11,14H,6H2,1H3/t9-,10+,11-/m1/s1. The van der Waals surface area contributed by atoms with Crippen molar-refractivity contribution in [1.82, 2.24) is 4.90 Å². The van der Waals surface area contributed by atoms with E-state index in [2.05, 4.69) is 0 Å². The molecule has 1 fully saturated rings. The minimum atomic E-state index is -0.473. The average Bonchev–Trinajstić information content (AvgIpc) is 2.81. The maximum atomic E-state index is 11.7. The molecule has 0 unspecified atom stereocenters. The van der Waals surface area contributed by atoms with Gasteiger partial charge in [-0.15, -0.1) is 0 Å². The number of nitrogens with zero attached hydrogens (tertiary/aromatic N) is 1. The zero-order valence-electron chi connectivity index (χ0n) is 8.96. The number of carbonyl (C=O) groups is 1. The van der Waals surface area contributed by atoms with Crippen LogP contribution in [-0.2, 0) is 4.74 Å². The van der Waals surface area contributed by atoms with Gasteiger partial charge in [-0.1, -0.05) is 24.3 Å². The van der Waals surface area contributed by atoms with Crippen LogP contribution in [0.25, 0.3) is 0 Å². The first-order chi connectivity index (χ1) is 7.74. The third-order valence-electron chi connectivity index (χ3n) is 3.52. The molecule has 1 aromatic carbocycles. The van der Waals surface area contributed by atoms with E-state index in [0.717, 1.165) is 11.1 Å². The highest BCUT2D eigenvalue weighted by atomic mass is 16.5. The summed E-state index contributed by atoms with van der Waals surface area (Å²) in [6, 6.07) is 7.63. The summed E-state index contributed by atoms with van der Waals surface area (Å²) in [5, 5.41) is 9.93. The highest BCUT2D eigenvalue weighted by Gasteiger charge is 2.51. The number of aliphatic hydroxyl groups is 1. The molecule has 3 atom stereocenters. The number of hydrogen-bond donors (Lipinski definition) is 1. The zero-order chi connectivity index (χ0) is 11.3. The molecule has 4 nitrogen and oxygen atoms in total. The highest BCUT2D eigenvalue weighted by Crippen LogP contribution is 2.53. The maximum Gasteiger partial charge on any atom is 0.410 e. The quantitative estimate of drug-likeness (QED) is 0.721. The van der Waals surface area contributed by atoms with Crippen LogP contribution < -0.4 is 0 Å². The number of methoxy groups -OCH3 is 1. The third kappa shape index (κ3) is 1.05. The number of aliphatic hydroxyl groups excluding tert-OH is 1. The molecular formula is C12H13NO3. The predicted molar refractivity (Wildman–Crippen MR) is 56.8 cm³/mol. The lowest BCUT2D eigenvalue weighted by molar-refractivity contribution is 0.0880. The molecule has 2 heterocycles. The molecule has 0 aromatic heterocycles. The van der Waals surface area contributed by atoms with Crippen LogP contribution >= 0.6 is 0 Å². The van der Waals surface area contributed by atoms with Crippen molar-refractivity contribution < 1.29 is 14.6 Å². The van der Waals surface area contributed by atoms with Crippen molar-refractivity contribution in [2.45, 2.75) is 24.6 Å². The Hall–Kier alpha value is -1.55. The number of hydrogen-bond acceptors (Lipinski definition) is 3. The molecule has 0 radical (unpaired) electrons. The molecule has 0 aliphatic carbocycles. The van der Waals surface area contributed by atoms with Gasteiger partial charge in [-0.25, -0.2) is 4.79 Å². The fourth-order valence-electron chi connectivity index (χ4n) is 2.91. The number of amides is 1. The molecule has 4 heteroatoms. The van der Waals surface area contributed by atoms with Gasteiger partial charge in [0, 0.05) is 6.42 Å². The zero-order valence-corrected chi connectivity index (χ0v) is 8.96. The molecule has 1 aromatic rings. The van der Waals surface area contributed by atoms with Crippen molar-refractivity contribution in [3.05, 3.63) is 35.4 Å². The van der Waals surface area contributed by atoms with Gasteiger partial charge in [0.1, 0.15) is 0 Å². The van der Waals surface area contributed by atoms with Crippen molar-refractivity contribution in [3.8, 4) is 0 Å². The largest absolute Gasteiger partial charge is 0.453 e. The van der Waals surface area contributed by atoms with Gasteiger partial charge in [0.15, 0.2) is 0 Å². The van der Waals surface area contributed by atoms with Crippen LogP contribution in [0.2, 0.25) is 0 Å². The van der Waals surface area contributed by atoms with Crippen molar-refractivity contribution in [2.75, 3.05) is 7.11 Å². The van der Waals surface area contributed by atoms with E-state index in [1.807, 2.05) is 24.3 Å². The minimum Gasteiger partial charge on any atom is -0.453 e. The maximum absolute atomic E-state index is 11.7. The van der Waals surface area contributed by atoms with Crippen LogP contribution in [0.4, 0.5) is 4.79 Å². The van der Waals surface area contributed by atoms with E-state index in [0.29, 0.717) is 6.42 Å². The van der Waals surface area contributed by atoms with Gasteiger partial charge >= 0.3 is 6.09 Å². The molecular weight excluding hydrogens is 206 g/mol. The van der Waals surface area contributed by atoms with Crippen molar-refractivity contribution in [1.29, 1.82) is 0 Å². The molecule has 2 aliphatic heterocycles. The van der Waals surface area contributed by atoms with Gasteiger partial charge in [0.05, 0.1) is 25.3 Å². The number of fused-ring (bicyclic) bond motifs is 5. The first-order valence-corrected chi connectivity index (χ1v) is 5.37. The Morgan fingerprint density at radius 3 is 2.81 bits per heavy atom. The Morgan fingerprint density at radius 2 is 2.12 bits per heavy atom. The SMILES string of the molecule is COC(=O)N1[C@@H]2C[C@H](O)[C@H]1c1ccccc12. The molecule has 84 valence electrons. The topological polar surface area (TPSA) is 49.8 Å². The number of benzene rings is 1. The van der Waals surface area contributed by atoms with Crippen LogP contribution in [-0.4, -0.2) is 29.3 Å². The highest BCUT2D eigenvalue weighted by molar-refractivity contribution is 5.71. The summed E-state index contributed by atoms with van der Waals surface area (Å²) in [4.78, 5) is 13.3. The van der Waals surface area contributed by atoms with Gasteiger partial charge in [0.25, 0.3) is 0 Å². The molecule has 0 spiro atoms. The Morgan fingerprint density at radius 1 is 1.44 bits per heavy atom. The van der Waals surface area contributed by atoms with Crippen molar-refractivity contribution in [3.63, 3.8) is 0 Å². The van der Waals surface area contributed by atoms with Crippen LogP contribution in [0.3, 0.4) is 0 Å². The molecule has 0 saturated carbocycles. The second kappa shape index (κ2) is 3.22. The van der Waals surface area contributed by atoms with Gasteiger partial charge in [-0.2, -0.15) is 0 Å². The lowest BCUT2D eigenvalue weighted by atomic mass is 9.90. The minimum absolute atomic E-state index is 0.0244. The Bertz CT molecular complexity index is 446. The smallest absolute Gasteiger partial charge is 0.410 e. The molecule has 16 heavy (non-hydrogen) atoms. The average molecular weight is 219 g/mol. The summed E-state index contributed by atoms with van der Waals surface area (Å²) < 4.78 is 4.77. The number of rotatable bonds is 0. The molecule has 3 rings (SSSR count). The second-order valence-electron chi connectivity index (χ2n) is 4.27.